The highest BCUT2D eigenvalue weighted by Crippen LogP contribution is 2.37. The second kappa shape index (κ2) is 9.01. The molecule has 0 saturated carbocycles. The molecule has 9 heteroatoms. The van der Waals surface area contributed by atoms with Crippen LogP contribution in [-0.2, 0) is 11.2 Å². The molecule has 1 aliphatic rings. The third kappa shape index (κ3) is 4.44. The largest absolute Gasteiger partial charge is 0.366 e. The second-order valence-corrected chi connectivity index (χ2v) is 8.53. The Kier molecular flexibility index (Phi) is 6.13. The summed E-state index contributed by atoms with van der Waals surface area (Å²) in [7, 11) is 3.77. The van der Waals surface area contributed by atoms with Crippen LogP contribution in [0.3, 0.4) is 0 Å². The molecule has 2 N–H and O–H groups in total. The molecular formula is C24H28N6O3. The predicted molar refractivity (Wildman–Crippen MR) is 124 cm³/mol. The maximum Gasteiger partial charge on any atom is 0.248 e. The van der Waals surface area contributed by atoms with E-state index in [1.54, 1.807) is 18.3 Å². The number of carbonyl (C=O) groups is 2. The molecule has 1 aromatic carbocycles. The third-order valence-corrected chi connectivity index (χ3v) is 6.08. The van der Waals surface area contributed by atoms with Gasteiger partial charge in [0.05, 0.1) is 23.9 Å². The van der Waals surface area contributed by atoms with E-state index in [1.807, 2.05) is 49.9 Å². The van der Waals surface area contributed by atoms with Crippen LogP contribution in [0.2, 0.25) is 0 Å². The minimum atomic E-state index is -0.479. The highest BCUT2D eigenvalue weighted by atomic mass is 16.5. The fraction of sp³-hybridized carbons (Fsp3) is 0.375. The van der Waals surface area contributed by atoms with Crippen molar-refractivity contribution in [3.63, 3.8) is 0 Å². The Morgan fingerprint density at radius 3 is 2.55 bits per heavy atom. The van der Waals surface area contributed by atoms with Gasteiger partial charge >= 0.3 is 0 Å². The summed E-state index contributed by atoms with van der Waals surface area (Å²) in [5.74, 6) is 0.788. The average molecular weight is 449 g/mol. The number of rotatable bonds is 6. The van der Waals surface area contributed by atoms with Crippen LogP contribution < -0.4 is 10.6 Å². The second-order valence-electron chi connectivity index (χ2n) is 8.53. The number of nitrogens with zero attached hydrogens (tertiary/aromatic N) is 5. The summed E-state index contributed by atoms with van der Waals surface area (Å²) in [6.45, 7) is 4.34. The molecular weight excluding hydrogens is 420 g/mol. The van der Waals surface area contributed by atoms with Crippen LogP contribution in [0, 0.1) is 13.8 Å². The van der Waals surface area contributed by atoms with Crippen molar-refractivity contribution in [1.29, 1.82) is 0 Å². The first kappa shape index (κ1) is 22.4. The maximum atomic E-state index is 13.3. The molecule has 0 bridgehead atoms. The van der Waals surface area contributed by atoms with E-state index < -0.39 is 5.91 Å². The van der Waals surface area contributed by atoms with E-state index in [4.69, 9.17) is 15.2 Å². The summed E-state index contributed by atoms with van der Waals surface area (Å²) in [6, 6.07) is 6.88. The summed E-state index contributed by atoms with van der Waals surface area (Å²) in [5, 5.41) is 3.97. The van der Waals surface area contributed by atoms with Gasteiger partial charge in [-0.25, -0.2) is 9.97 Å². The van der Waals surface area contributed by atoms with Crippen molar-refractivity contribution >= 4 is 17.8 Å². The Hall–Kier alpha value is -3.75. The van der Waals surface area contributed by atoms with Crippen molar-refractivity contribution in [3.05, 3.63) is 58.7 Å². The van der Waals surface area contributed by atoms with Crippen LogP contribution >= 0.6 is 0 Å². The normalized spacial score (nSPS) is 15.6. The lowest BCUT2D eigenvalue weighted by molar-refractivity contribution is -0.131. The molecule has 0 radical (unpaired) electrons. The van der Waals surface area contributed by atoms with Gasteiger partial charge in [0.1, 0.15) is 5.76 Å². The van der Waals surface area contributed by atoms with Gasteiger partial charge in [0, 0.05) is 43.5 Å². The molecule has 1 aliphatic heterocycles. The number of likely N-dealkylation sites (tertiary alicyclic amines) is 1. The van der Waals surface area contributed by atoms with Crippen molar-refractivity contribution in [1.82, 2.24) is 20.0 Å². The van der Waals surface area contributed by atoms with Gasteiger partial charge in [0.15, 0.2) is 0 Å². The molecule has 4 rings (SSSR count). The van der Waals surface area contributed by atoms with E-state index in [0.29, 0.717) is 23.8 Å². The van der Waals surface area contributed by atoms with Gasteiger partial charge in [-0.3, -0.25) is 9.59 Å². The number of nitrogens with two attached hydrogens (primary N) is 1. The Morgan fingerprint density at radius 1 is 1.21 bits per heavy atom. The standard InChI is InChI=1S/C24H28N6O3/c1-14-18(15(2)33-28-14)12-21(31)30-11-5-6-20(30)22-19(13-26-24(27-22)29(3)4)16-7-9-17(10-8-16)23(25)32/h7-10,13,20H,5-6,11-12H2,1-4H3,(H2,25,32). The molecule has 172 valence electrons. The number of anilines is 1. The molecule has 1 fully saturated rings. The van der Waals surface area contributed by atoms with E-state index >= 15 is 0 Å². The topological polar surface area (TPSA) is 118 Å². The summed E-state index contributed by atoms with van der Waals surface area (Å²) < 4.78 is 5.24. The lowest BCUT2D eigenvalue weighted by atomic mass is 9.98. The first-order chi connectivity index (χ1) is 15.8. The molecule has 0 aliphatic carbocycles. The molecule has 2 amide bonds. The number of carbonyl (C=O) groups excluding carboxylic acids is 2. The van der Waals surface area contributed by atoms with Crippen LogP contribution in [0.1, 0.15) is 52.0 Å². The number of hydrogen-bond acceptors (Lipinski definition) is 7. The Balaban J connectivity index is 1.71. The van der Waals surface area contributed by atoms with Gasteiger partial charge in [-0.2, -0.15) is 0 Å². The molecule has 33 heavy (non-hydrogen) atoms. The van der Waals surface area contributed by atoms with Gasteiger partial charge in [0.2, 0.25) is 17.8 Å². The minimum absolute atomic E-state index is 0.0203. The summed E-state index contributed by atoms with van der Waals surface area (Å²) >= 11 is 0. The van der Waals surface area contributed by atoms with E-state index in [-0.39, 0.29) is 18.4 Å². The first-order valence-electron chi connectivity index (χ1n) is 10.9. The lowest BCUT2D eigenvalue weighted by Crippen LogP contribution is -2.33. The van der Waals surface area contributed by atoms with Crippen LogP contribution in [0.4, 0.5) is 5.95 Å². The smallest absolute Gasteiger partial charge is 0.248 e. The van der Waals surface area contributed by atoms with Gasteiger partial charge in [-0.05, 0) is 44.4 Å². The van der Waals surface area contributed by atoms with Crippen LogP contribution in [0.15, 0.2) is 35.0 Å². The Labute approximate surface area is 192 Å². The molecule has 9 nitrogen and oxygen atoms in total. The number of primary amides is 1. The summed E-state index contributed by atoms with van der Waals surface area (Å²) in [6.07, 6.45) is 3.72. The lowest BCUT2D eigenvalue weighted by Gasteiger charge is -2.27. The van der Waals surface area contributed by atoms with Crippen molar-refractivity contribution < 1.29 is 14.1 Å². The van der Waals surface area contributed by atoms with Crippen LogP contribution in [0.5, 0.6) is 0 Å². The number of benzene rings is 1. The number of amides is 2. The van der Waals surface area contributed by atoms with E-state index in [0.717, 1.165) is 40.9 Å². The molecule has 3 aromatic rings. The maximum absolute atomic E-state index is 13.3. The predicted octanol–water partition coefficient (Wildman–Crippen LogP) is 2.82. The number of hydrogen-bond donors (Lipinski definition) is 1. The number of aromatic nitrogens is 3. The highest BCUT2D eigenvalue weighted by molar-refractivity contribution is 5.93. The fourth-order valence-corrected chi connectivity index (χ4v) is 4.25. The van der Waals surface area contributed by atoms with Crippen molar-refractivity contribution in [2.75, 3.05) is 25.5 Å². The average Bonchev–Trinajstić information content (AvgIpc) is 3.41. The zero-order chi connectivity index (χ0) is 23.7. The van der Waals surface area contributed by atoms with Crippen LogP contribution in [-0.4, -0.2) is 52.5 Å². The third-order valence-electron chi connectivity index (χ3n) is 6.08. The molecule has 3 heterocycles. The minimum Gasteiger partial charge on any atom is -0.366 e. The quantitative estimate of drug-likeness (QED) is 0.616. The zero-order valence-corrected chi connectivity index (χ0v) is 19.3. The van der Waals surface area contributed by atoms with Crippen molar-refractivity contribution in [2.24, 2.45) is 5.73 Å². The van der Waals surface area contributed by atoms with Crippen LogP contribution in [0.25, 0.3) is 11.1 Å². The SMILES string of the molecule is Cc1noc(C)c1CC(=O)N1CCCC1c1nc(N(C)C)ncc1-c1ccc(C(N)=O)cc1. The molecule has 2 aromatic heterocycles. The van der Waals surface area contributed by atoms with E-state index in [1.165, 1.54) is 0 Å². The first-order valence-corrected chi connectivity index (χ1v) is 10.9. The zero-order valence-electron chi connectivity index (χ0n) is 19.3. The van der Waals surface area contributed by atoms with Crippen molar-refractivity contribution in [3.8, 4) is 11.1 Å². The Bertz CT molecular complexity index is 1170. The van der Waals surface area contributed by atoms with E-state index in [9.17, 15) is 9.59 Å². The van der Waals surface area contributed by atoms with Gasteiger partial charge in [-0.1, -0.05) is 17.3 Å². The van der Waals surface area contributed by atoms with E-state index in [2.05, 4.69) is 10.1 Å². The van der Waals surface area contributed by atoms with Crippen molar-refractivity contribution in [2.45, 2.75) is 39.2 Å². The highest BCUT2D eigenvalue weighted by Gasteiger charge is 2.34. The summed E-state index contributed by atoms with van der Waals surface area (Å²) in [5.41, 5.74) is 9.89. The fourth-order valence-electron chi connectivity index (χ4n) is 4.25. The van der Waals surface area contributed by atoms with Gasteiger partial charge in [0.25, 0.3) is 0 Å². The number of aryl methyl sites for hydroxylation is 2. The molecule has 1 atom stereocenters. The Morgan fingerprint density at radius 2 is 1.94 bits per heavy atom. The molecule has 1 unspecified atom stereocenters. The van der Waals surface area contributed by atoms with Gasteiger partial charge in [-0.15, -0.1) is 0 Å². The molecule has 1 saturated heterocycles. The van der Waals surface area contributed by atoms with Gasteiger partial charge < -0.3 is 20.1 Å². The monoisotopic (exact) mass is 448 g/mol. The molecule has 0 spiro atoms. The summed E-state index contributed by atoms with van der Waals surface area (Å²) in [4.78, 5) is 37.9.